The summed E-state index contributed by atoms with van der Waals surface area (Å²) >= 11 is 0. The SMILES string of the molecule is COc1ccc(OC)c(NS(=O)(=O)c2cc3c(cc2F)NC(=O)CC3)c1. The smallest absolute Gasteiger partial charge is 0.264 e. The van der Waals surface area contributed by atoms with Crippen LogP contribution in [0.4, 0.5) is 15.8 Å². The lowest BCUT2D eigenvalue weighted by Crippen LogP contribution is -2.21. The van der Waals surface area contributed by atoms with Crippen LogP contribution in [0.5, 0.6) is 11.5 Å². The molecule has 0 bridgehead atoms. The van der Waals surface area contributed by atoms with Crippen molar-refractivity contribution in [3.8, 4) is 11.5 Å². The monoisotopic (exact) mass is 380 g/mol. The molecule has 2 N–H and O–H groups in total. The number of ether oxygens (including phenoxy) is 2. The summed E-state index contributed by atoms with van der Waals surface area (Å²) in [6.07, 6.45) is 0.557. The number of carbonyl (C=O) groups excluding carboxylic acids is 1. The zero-order valence-electron chi connectivity index (χ0n) is 14.1. The number of aryl methyl sites for hydroxylation is 1. The van der Waals surface area contributed by atoms with Crippen molar-refractivity contribution < 1.29 is 27.1 Å². The molecule has 7 nitrogen and oxygen atoms in total. The Morgan fingerprint density at radius 1 is 1.12 bits per heavy atom. The number of amides is 1. The minimum atomic E-state index is -4.22. The van der Waals surface area contributed by atoms with Crippen molar-refractivity contribution in [2.45, 2.75) is 17.7 Å². The van der Waals surface area contributed by atoms with Gasteiger partial charge in [-0.2, -0.15) is 0 Å². The summed E-state index contributed by atoms with van der Waals surface area (Å²) in [6.45, 7) is 0. The van der Waals surface area contributed by atoms with Crippen LogP contribution in [0.15, 0.2) is 35.2 Å². The second-order valence-corrected chi connectivity index (χ2v) is 7.31. The third kappa shape index (κ3) is 3.43. The van der Waals surface area contributed by atoms with E-state index in [0.29, 0.717) is 17.7 Å². The minimum absolute atomic E-state index is 0.122. The molecule has 0 unspecified atom stereocenters. The molecule has 0 radical (unpaired) electrons. The van der Waals surface area contributed by atoms with Crippen molar-refractivity contribution in [3.05, 3.63) is 41.7 Å². The van der Waals surface area contributed by atoms with E-state index in [4.69, 9.17) is 9.47 Å². The average molecular weight is 380 g/mol. The fourth-order valence-corrected chi connectivity index (χ4v) is 3.85. The van der Waals surface area contributed by atoms with Crippen molar-refractivity contribution in [1.29, 1.82) is 0 Å². The largest absolute Gasteiger partial charge is 0.497 e. The molecule has 0 atom stereocenters. The number of sulfonamides is 1. The predicted octanol–water partition coefficient (Wildman–Crippen LogP) is 2.53. The van der Waals surface area contributed by atoms with E-state index in [1.165, 1.54) is 32.4 Å². The number of halogens is 1. The number of benzene rings is 2. The summed E-state index contributed by atoms with van der Waals surface area (Å²) in [7, 11) is -1.39. The van der Waals surface area contributed by atoms with Crippen molar-refractivity contribution in [3.63, 3.8) is 0 Å². The van der Waals surface area contributed by atoms with Crippen LogP contribution in [0, 0.1) is 5.82 Å². The van der Waals surface area contributed by atoms with Gasteiger partial charge in [0.15, 0.2) is 0 Å². The van der Waals surface area contributed by atoms with Crippen molar-refractivity contribution >= 4 is 27.3 Å². The summed E-state index contributed by atoms with van der Waals surface area (Å²) in [6, 6.07) is 6.84. The van der Waals surface area contributed by atoms with E-state index < -0.39 is 20.7 Å². The lowest BCUT2D eigenvalue weighted by molar-refractivity contribution is -0.116. The van der Waals surface area contributed by atoms with E-state index in [-0.39, 0.29) is 29.5 Å². The van der Waals surface area contributed by atoms with Gasteiger partial charge in [0.1, 0.15) is 22.2 Å². The highest BCUT2D eigenvalue weighted by Gasteiger charge is 2.25. The zero-order valence-corrected chi connectivity index (χ0v) is 14.9. The van der Waals surface area contributed by atoms with Crippen LogP contribution in [0.25, 0.3) is 0 Å². The van der Waals surface area contributed by atoms with Crippen molar-refractivity contribution in [2.75, 3.05) is 24.3 Å². The Balaban J connectivity index is 2.00. The number of hydrogen-bond acceptors (Lipinski definition) is 5. The van der Waals surface area contributed by atoms with E-state index in [1.807, 2.05) is 0 Å². The molecule has 0 fully saturated rings. The van der Waals surface area contributed by atoms with Gasteiger partial charge >= 0.3 is 0 Å². The van der Waals surface area contributed by atoms with Gasteiger partial charge in [-0.1, -0.05) is 0 Å². The molecule has 2 aromatic rings. The molecule has 9 heteroatoms. The molecule has 1 aliphatic rings. The standard InChI is InChI=1S/C17H17FN2O5S/c1-24-11-4-5-15(25-2)14(8-11)20-26(22,23)16-7-10-3-6-17(21)19-13(10)9-12(16)18/h4-5,7-9,20H,3,6H2,1-2H3,(H,19,21). The molecule has 0 saturated heterocycles. The summed E-state index contributed by atoms with van der Waals surface area (Å²) < 4.78 is 52.4. The fourth-order valence-electron chi connectivity index (χ4n) is 2.68. The van der Waals surface area contributed by atoms with E-state index in [0.717, 1.165) is 6.07 Å². The first-order valence-electron chi connectivity index (χ1n) is 7.71. The third-order valence-corrected chi connectivity index (χ3v) is 5.37. The maximum absolute atomic E-state index is 14.4. The highest BCUT2D eigenvalue weighted by atomic mass is 32.2. The van der Waals surface area contributed by atoms with E-state index >= 15 is 0 Å². The molecular formula is C17H17FN2O5S. The van der Waals surface area contributed by atoms with E-state index in [9.17, 15) is 17.6 Å². The summed E-state index contributed by atoms with van der Waals surface area (Å²) in [5, 5.41) is 2.53. The van der Waals surface area contributed by atoms with Crippen LogP contribution < -0.4 is 19.5 Å². The van der Waals surface area contributed by atoms with Gasteiger partial charge in [-0.3, -0.25) is 9.52 Å². The Labute approximate surface area is 150 Å². The van der Waals surface area contributed by atoms with E-state index in [1.54, 1.807) is 6.07 Å². The Bertz CT molecular complexity index is 975. The van der Waals surface area contributed by atoms with Gasteiger partial charge in [-0.25, -0.2) is 12.8 Å². The van der Waals surface area contributed by atoms with Gasteiger partial charge in [0.25, 0.3) is 10.0 Å². The Morgan fingerprint density at radius 2 is 1.88 bits per heavy atom. The van der Waals surface area contributed by atoms with Crippen LogP contribution in [-0.2, 0) is 21.2 Å². The maximum Gasteiger partial charge on any atom is 0.264 e. The zero-order chi connectivity index (χ0) is 18.9. The number of rotatable bonds is 5. The highest BCUT2D eigenvalue weighted by molar-refractivity contribution is 7.92. The molecule has 0 aliphatic carbocycles. The Morgan fingerprint density at radius 3 is 2.58 bits per heavy atom. The lowest BCUT2D eigenvalue weighted by atomic mass is 10.0. The van der Waals surface area contributed by atoms with Crippen LogP contribution in [-0.4, -0.2) is 28.5 Å². The van der Waals surface area contributed by atoms with Crippen LogP contribution in [0.3, 0.4) is 0 Å². The Hall–Kier alpha value is -2.81. The molecule has 3 rings (SSSR count). The second kappa shape index (κ2) is 6.83. The molecule has 1 heterocycles. The molecule has 138 valence electrons. The predicted molar refractivity (Wildman–Crippen MR) is 93.7 cm³/mol. The number of hydrogen-bond donors (Lipinski definition) is 2. The van der Waals surface area contributed by atoms with Gasteiger partial charge in [0, 0.05) is 18.2 Å². The second-order valence-electron chi connectivity index (χ2n) is 5.66. The molecule has 1 aliphatic heterocycles. The van der Waals surface area contributed by atoms with Gasteiger partial charge in [-0.05, 0) is 36.2 Å². The van der Waals surface area contributed by atoms with Crippen LogP contribution >= 0.6 is 0 Å². The number of fused-ring (bicyclic) bond motifs is 1. The number of methoxy groups -OCH3 is 2. The lowest BCUT2D eigenvalue weighted by Gasteiger charge is -2.19. The molecule has 1 amide bonds. The van der Waals surface area contributed by atoms with Gasteiger partial charge < -0.3 is 14.8 Å². The van der Waals surface area contributed by atoms with Crippen molar-refractivity contribution in [2.24, 2.45) is 0 Å². The van der Waals surface area contributed by atoms with E-state index in [2.05, 4.69) is 10.0 Å². The molecule has 0 saturated carbocycles. The van der Waals surface area contributed by atoms with Gasteiger partial charge in [0.05, 0.1) is 19.9 Å². The highest BCUT2D eigenvalue weighted by Crippen LogP contribution is 2.33. The number of carbonyl (C=O) groups is 1. The summed E-state index contributed by atoms with van der Waals surface area (Å²) in [5.41, 5.74) is 0.970. The fraction of sp³-hybridized carbons (Fsp3) is 0.235. The number of anilines is 2. The maximum atomic E-state index is 14.4. The molecule has 26 heavy (non-hydrogen) atoms. The van der Waals surface area contributed by atoms with Gasteiger partial charge in [-0.15, -0.1) is 0 Å². The first-order chi connectivity index (χ1) is 12.3. The van der Waals surface area contributed by atoms with Gasteiger partial charge in [0.2, 0.25) is 5.91 Å². The normalized spacial score (nSPS) is 13.6. The summed E-state index contributed by atoms with van der Waals surface area (Å²) in [5.74, 6) is -0.510. The Kier molecular flexibility index (Phi) is 4.73. The van der Waals surface area contributed by atoms with Crippen LogP contribution in [0.1, 0.15) is 12.0 Å². The van der Waals surface area contributed by atoms with Crippen molar-refractivity contribution in [1.82, 2.24) is 0 Å². The first-order valence-corrected chi connectivity index (χ1v) is 9.19. The molecule has 0 aromatic heterocycles. The average Bonchev–Trinajstić information content (AvgIpc) is 2.60. The minimum Gasteiger partial charge on any atom is -0.497 e. The summed E-state index contributed by atoms with van der Waals surface area (Å²) in [4.78, 5) is 10.9. The molecule has 0 spiro atoms. The first kappa shape index (κ1) is 18.0. The van der Waals surface area contributed by atoms with Crippen LogP contribution in [0.2, 0.25) is 0 Å². The number of nitrogens with one attached hydrogen (secondary N) is 2. The quantitative estimate of drug-likeness (QED) is 0.831. The third-order valence-electron chi connectivity index (χ3n) is 3.99. The molecular weight excluding hydrogens is 363 g/mol. The molecule has 2 aromatic carbocycles. The topological polar surface area (TPSA) is 93.7 Å².